The van der Waals surface area contributed by atoms with Crippen LogP contribution in [-0.4, -0.2) is 39.9 Å². The molecule has 0 saturated heterocycles. The summed E-state index contributed by atoms with van der Waals surface area (Å²) in [5, 5.41) is 7.74. The van der Waals surface area contributed by atoms with Crippen LogP contribution < -0.4 is 9.64 Å². The maximum absolute atomic E-state index is 5.95. The Kier molecular flexibility index (Phi) is 3.85. The van der Waals surface area contributed by atoms with Gasteiger partial charge < -0.3 is 9.64 Å². The normalized spacial score (nSPS) is 16.0. The molecule has 1 atom stereocenters. The van der Waals surface area contributed by atoms with E-state index in [0.717, 1.165) is 29.7 Å². The molecule has 7 heteroatoms. The van der Waals surface area contributed by atoms with Crippen LogP contribution in [0.25, 0.3) is 11.0 Å². The fraction of sp³-hybridized carbons (Fsp3) is 0.267. The van der Waals surface area contributed by atoms with Gasteiger partial charge in [0, 0.05) is 19.7 Å². The summed E-state index contributed by atoms with van der Waals surface area (Å²) in [6.45, 7) is 0.744. The third kappa shape index (κ3) is 2.57. The maximum atomic E-state index is 5.95. The molecule has 0 bridgehead atoms. The molecule has 114 valence electrons. The maximum Gasteiger partial charge on any atom is 0.227 e. The van der Waals surface area contributed by atoms with Crippen LogP contribution >= 0.6 is 12.4 Å². The Bertz CT molecular complexity index is 765. The van der Waals surface area contributed by atoms with Gasteiger partial charge in [0.15, 0.2) is 5.65 Å². The molecule has 22 heavy (non-hydrogen) atoms. The number of hydrogen-bond acceptors (Lipinski definition) is 5. The van der Waals surface area contributed by atoms with Gasteiger partial charge in [-0.1, -0.05) is 18.2 Å². The van der Waals surface area contributed by atoms with Gasteiger partial charge in [-0.25, -0.2) is 4.98 Å². The van der Waals surface area contributed by atoms with Crippen molar-refractivity contribution >= 4 is 29.4 Å². The molecule has 0 fully saturated rings. The number of hydrogen-bond donors (Lipinski definition) is 1. The summed E-state index contributed by atoms with van der Waals surface area (Å²) in [6, 6.07) is 8.18. The Labute approximate surface area is 133 Å². The number of aromatic nitrogens is 4. The van der Waals surface area contributed by atoms with E-state index < -0.39 is 0 Å². The first kappa shape index (κ1) is 14.6. The van der Waals surface area contributed by atoms with Crippen LogP contribution in [0.1, 0.15) is 5.56 Å². The highest BCUT2D eigenvalue weighted by atomic mass is 35.5. The zero-order valence-corrected chi connectivity index (χ0v) is 12.9. The molecule has 4 rings (SSSR count). The summed E-state index contributed by atoms with van der Waals surface area (Å²) in [7, 11) is 1.98. The number of ether oxygens (including phenoxy) is 1. The zero-order valence-electron chi connectivity index (χ0n) is 12.1. The lowest BCUT2D eigenvalue weighted by molar-refractivity contribution is 0.239. The largest absolute Gasteiger partial charge is 0.488 e. The van der Waals surface area contributed by atoms with E-state index in [1.165, 1.54) is 5.56 Å². The number of fused-ring (bicyclic) bond motifs is 2. The van der Waals surface area contributed by atoms with Crippen LogP contribution in [0.3, 0.4) is 0 Å². The van der Waals surface area contributed by atoms with E-state index in [9.17, 15) is 0 Å². The number of aromatic amines is 1. The Morgan fingerprint density at radius 3 is 3.05 bits per heavy atom. The van der Waals surface area contributed by atoms with Crippen LogP contribution in [0.5, 0.6) is 5.75 Å². The van der Waals surface area contributed by atoms with Gasteiger partial charge in [-0.3, -0.25) is 5.10 Å². The van der Waals surface area contributed by atoms with E-state index in [2.05, 4.69) is 26.2 Å². The van der Waals surface area contributed by atoms with E-state index in [1.807, 2.05) is 30.1 Å². The van der Waals surface area contributed by atoms with Gasteiger partial charge in [0.2, 0.25) is 5.95 Å². The highest BCUT2D eigenvalue weighted by Crippen LogP contribution is 2.28. The Hall–Kier alpha value is -2.34. The minimum absolute atomic E-state index is 0. The van der Waals surface area contributed by atoms with Crippen LogP contribution in [0, 0.1) is 0 Å². The fourth-order valence-electron chi connectivity index (χ4n) is 2.66. The molecule has 1 aliphatic heterocycles. The van der Waals surface area contributed by atoms with Gasteiger partial charge in [-0.2, -0.15) is 10.1 Å². The topological polar surface area (TPSA) is 66.9 Å². The van der Waals surface area contributed by atoms with Gasteiger partial charge in [0.25, 0.3) is 0 Å². The quantitative estimate of drug-likeness (QED) is 0.802. The van der Waals surface area contributed by atoms with Crippen LogP contribution in [0.2, 0.25) is 0 Å². The zero-order chi connectivity index (χ0) is 14.2. The molecular formula is C15H16ClN5O. The Balaban J connectivity index is 0.00000144. The van der Waals surface area contributed by atoms with Gasteiger partial charge >= 0.3 is 0 Å². The number of para-hydroxylation sites is 1. The molecule has 0 spiro atoms. The number of halogens is 1. The second-order valence-corrected chi connectivity index (χ2v) is 5.28. The average Bonchev–Trinajstić information content (AvgIpc) is 3.11. The molecule has 1 aliphatic rings. The first-order chi connectivity index (χ1) is 10.3. The van der Waals surface area contributed by atoms with Crippen LogP contribution in [0.15, 0.2) is 36.7 Å². The Morgan fingerprint density at radius 1 is 1.32 bits per heavy atom. The molecule has 1 aromatic carbocycles. The molecule has 6 nitrogen and oxygen atoms in total. The number of benzene rings is 1. The highest BCUT2D eigenvalue weighted by Gasteiger charge is 2.24. The molecule has 0 radical (unpaired) electrons. The lowest BCUT2D eigenvalue weighted by atomic mass is 10.1. The molecular weight excluding hydrogens is 302 g/mol. The predicted octanol–water partition coefficient (Wildman–Crippen LogP) is 2.21. The Morgan fingerprint density at radius 2 is 2.18 bits per heavy atom. The highest BCUT2D eigenvalue weighted by molar-refractivity contribution is 5.85. The second-order valence-electron chi connectivity index (χ2n) is 5.28. The van der Waals surface area contributed by atoms with Crippen molar-refractivity contribution in [2.24, 2.45) is 0 Å². The number of likely N-dealkylation sites (N-methyl/N-ethyl adjacent to an activating group) is 1. The smallest absolute Gasteiger partial charge is 0.227 e. The first-order valence-electron chi connectivity index (χ1n) is 6.91. The third-order valence-electron chi connectivity index (χ3n) is 3.71. The summed E-state index contributed by atoms with van der Waals surface area (Å²) in [5.74, 6) is 1.66. The monoisotopic (exact) mass is 317 g/mol. The van der Waals surface area contributed by atoms with E-state index in [1.54, 1.807) is 12.4 Å². The van der Waals surface area contributed by atoms with E-state index >= 15 is 0 Å². The molecule has 3 heterocycles. The summed E-state index contributed by atoms with van der Waals surface area (Å²) in [6.07, 6.45) is 4.55. The van der Waals surface area contributed by atoms with Crippen molar-refractivity contribution in [3.8, 4) is 5.75 Å². The van der Waals surface area contributed by atoms with Gasteiger partial charge in [0.05, 0.1) is 18.1 Å². The van der Waals surface area contributed by atoms with Crippen molar-refractivity contribution in [1.29, 1.82) is 0 Å². The third-order valence-corrected chi connectivity index (χ3v) is 3.71. The number of H-pyrrole nitrogens is 1. The number of nitrogens with zero attached hydrogens (tertiary/aromatic N) is 4. The summed E-state index contributed by atoms with van der Waals surface area (Å²) >= 11 is 0. The molecule has 2 aromatic heterocycles. The average molecular weight is 318 g/mol. The number of rotatable bonds is 3. The second kappa shape index (κ2) is 5.81. The first-order valence-corrected chi connectivity index (χ1v) is 6.91. The standard InChI is InChI=1S/C15H15N5O.ClH/c1-20(15-16-7-11-8-17-19-14(11)18-15)9-12-6-10-4-2-3-5-13(10)21-12;/h2-5,7-8,12H,6,9H2,1H3,(H,16,17,18,19);1H. The number of anilines is 1. The molecule has 0 amide bonds. The van der Waals surface area contributed by atoms with E-state index in [4.69, 9.17) is 4.74 Å². The van der Waals surface area contributed by atoms with Crippen molar-refractivity contribution in [1.82, 2.24) is 20.2 Å². The SMILES string of the molecule is CN(CC1Cc2ccccc2O1)c1ncc2cn[nH]c2n1.Cl. The predicted molar refractivity (Wildman–Crippen MR) is 86.8 cm³/mol. The lowest BCUT2D eigenvalue weighted by Gasteiger charge is -2.20. The molecule has 1 N–H and O–H groups in total. The van der Waals surface area contributed by atoms with Crippen molar-refractivity contribution in [2.45, 2.75) is 12.5 Å². The van der Waals surface area contributed by atoms with Gasteiger partial charge in [-0.05, 0) is 11.6 Å². The van der Waals surface area contributed by atoms with Crippen molar-refractivity contribution in [3.05, 3.63) is 42.2 Å². The minimum atomic E-state index is 0. The summed E-state index contributed by atoms with van der Waals surface area (Å²) in [4.78, 5) is 10.8. The van der Waals surface area contributed by atoms with Crippen LogP contribution in [0.4, 0.5) is 5.95 Å². The fourth-order valence-corrected chi connectivity index (χ4v) is 2.66. The molecule has 0 aliphatic carbocycles. The van der Waals surface area contributed by atoms with Crippen molar-refractivity contribution in [3.63, 3.8) is 0 Å². The lowest BCUT2D eigenvalue weighted by Crippen LogP contribution is -2.33. The van der Waals surface area contributed by atoms with E-state index in [-0.39, 0.29) is 18.5 Å². The van der Waals surface area contributed by atoms with Gasteiger partial charge in [0.1, 0.15) is 11.9 Å². The minimum Gasteiger partial charge on any atom is -0.488 e. The summed E-state index contributed by atoms with van der Waals surface area (Å²) < 4.78 is 5.95. The van der Waals surface area contributed by atoms with Crippen LogP contribution in [-0.2, 0) is 6.42 Å². The van der Waals surface area contributed by atoms with Crippen molar-refractivity contribution in [2.75, 3.05) is 18.5 Å². The molecule has 0 saturated carbocycles. The van der Waals surface area contributed by atoms with Crippen molar-refractivity contribution < 1.29 is 4.74 Å². The molecule has 3 aromatic rings. The summed E-state index contributed by atoms with van der Waals surface area (Å²) in [5.41, 5.74) is 2.02. The van der Waals surface area contributed by atoms with E-state index in [0.29, 0.717) is 5.95 Å². The number of nitrogens with one attached hydrogen (secondary N) is 1. The molecule has 1 unspecified atom stereocenters. The van der Waals surface area contributed by atoms with Gasteiger partial charge in [-0.15, -0.1) is 12.4 Å².